The number of nitrogens with one attached hydrogen (secondary N) is 1. The van der Waals surface area contributed by atoms with E-state index in [9.17, 15) is 4.79 Å². The number of nitrogens with zero attached hydrogens (tertiary/aromatic N) is 1. The van der Waals surface area contributed by atoms with Crippen LogP contribution < -0.4 is 5.32 Å². The number of rotatable bonds is 5. The van der Waals surface area contributed by atoms with Gasteiger partial charge in [0.1, 0.15) is 5.60 Å². The third kappa shape index (κ3) is 5.62. The summed E-state index contributed by atoms with van der Waals surface area (Å²) in [5.41, 5.74) is -0.494. The molecule has 1 atom stereocenters. The Labute approximate surface area is 147 Å². The van der Waals surface area contributed by atoms with Crippen LogP contribution in [0.5, 0.6) is 0 Å². The summed E-state index contributed by atoms with van der Waals surface area (Å²) in [7, 11) is 0. The predicted octanol–water partition coefficient (Wildman–Crippen LogP) is 3.57. The molecule has 5 nitrogen and oxygen atoms in total. The number of carbonyl (C=O) groups excluding carboxylic acids is 1. The summed E-state index contributed by atoms with van der Waals surface area (Å²) in [4.78, 5) is 14.5. The zero-order chi connectivity index (χ0) is 17.8. The van der Waals surface area contributed by atoms with Gasteiger partial charge in [-0.3, -0.25) is 0 Å². The van der Waals surface area contributed by atoms with Crippen LogP contribution in [0.25, 0.3) is 0 Å². The summed E-state index contributed by atoms with van der Waals surface area (Å²) >= 11 is 0. The lowest BCUT2D eigenvalue weighted by Gasteiger charge is -2.39. The van der Waals surface area contributed by atoms with Crippen LogP contribution in [0.3, 0.4) is 0 Å². The van der Waals surface area contributed by atoms with E-state index < -0.39 is 5.60 Å². The molecule has 0 aliphatic carbocycles. The van der Waals surface area contributed by atoms with Gasteiger partial charge in [0.2, 0.25) is 0 Å². The zero-order valence-electron chi connectivity index (χ0n) is 16.2. The van der Waals surface area contributed by atoms with Crippen molar-refractivity contribution in [3.63, 3.8) is 0 Å². The molecular weight excluding hydrogens is 304 g/mol. The lowest BCUT2D eigenvalue weighted by molar-refractivity contribution is -0.0458. The number of amides is 1. The maximum atomic E-state index is 11.9. The highest BCUT2D eigenvalue weighted by Gasteiger charge is 2.43. The van der Waals surface area contributed by atoms with Gasteiger partial charge in [0, 0.05) is 19.6 Å². The van der Waals surface area contributed by atoms with E-state index in [1.807, 2.05) is 20.8 Å². The van der Waals surface area contributed by atoms with Crippen molar-refractivity contribution in [1.29, 1.82) is 0 Å². The Morgan fingerprint density at radius 3 is 2.46 bits per heavy atom. The molecular formula is C19H36N2O3. The van der Waals surface area contributed by atoms with Crippen molar-refractivity contribution in [2.45, 2.75) is 84.0 Å². The third-order valence-corrected chi connectivity index (χ3v) is 5.37. The summed E-state index contributed by atoms with van der Waals surface area (Å²) < 4.78 is 11.5. The second-order valence-corrected chi connectivity index (χ2v) is 8.52. The van der Waals surface area contributed by atoms with Gasteiger partial charge in [-0.1, -0.05) is 26.7 Å². The van der Waals surface area contributed by atoms with E-state index in [0.717, 1.165) is 38.3 Å². The van der Waals surface area contributed by atoms with Crippen LogP contribution in [0.15, 0.2) is 0 Å². The van der Waals surface area contributed by atoms with Crippen LogP contribution in [0.4, 0.5) is 4.79 Å². The molecule has 0 unspecified atom stereocenters. The molecule has 1 amide bonds. The van der Waals surface area contributed by atoms with Gasteiger partial charge in [0.25, 0.3) is 0 Å². The van der Waals surface area contributed by atoms with E-state index >= 15 is 0 Å². The molecule has 24 heavy (non-hydrogen) atoms. The van der Waals surface area contributed by atoms with Crippen LogP contribution in [-0.4, -0.2) is 54.5 Å². The standard InChI is InChI=1S/C19H36N2O3/c1-6-15(7-2)13-21-10-8-19(9-11-21)12-16(14-23-19)20-17(22)24-18(3,4)5/h15-16H,6-14H2,1-5H3,(H,20,22)/t16-/m1/s1. The Morgan fingerprint density at radius 2 is 1.92 bits per heavy atom. The number of ether oxygens (including phenoxy) is 2. The molecule has 0 aromatic heterocycles. The molecule has 1 N–H and O–H groups in total. The van der Waals surface area contributed by atoms with Gasteiger partial charge in [-0.25, -0.2) is 4.79 Å². The molecule has 2 aliphatic rings. The summed E-state index contributed by atoms with van der Waals surface area (Å²) in [6.45, 7) is 14.2. The molecule has 0 bridgehead atoms. The summed E-state index contributed by atoms with van der Waals surface area (Å²) in [5.74, 6) is 0.810. The molecule has 2 rings (SSSR count). The minimum Gasteiger partial charge on any atom is -0.444 e. The van der Waals surface area contributed by atoms with Crippen molar-refractivity contribution in [2.24, 2.45) is 5.92 Å². The maximum Gasteiger partial charge on any atom is 0.407 e. The predicted molar refractivity (Wildman–Crippen MR) is 96.2 cm³/mol. The molecule has 140 valence electrons. The fourth-order valence-electron chi connectivity index (χ4n) is 3.81. The molecule has 2 fully saturated rings. The van der Waals surface area contributed by atoms with Crippen LogP contribution >= 0.6 is 0 Å². The van der Waals surface area contributed by atoms with Gasteiger partial charge in [0.15, 0.2) is 0 Å². The largest absolute Gasteiger partial charge is 0.444 e. The number of alkyl carbamates (subject to hydrolysis) is 1. The first-order valence-electron chi connectivity index (χ1n) is 9.61. The first kappa shape index (κ1) is 19.5. The first-order chi connectivity index (χ1) is 11.3. The minimum atomic E-state index is -0.457. The van der Waals surface area contributed by atoms with Crippen LogP contribution in [0.2, 0.25) is 0 Å². The van der Waals surface area contributed by atoms with E-state index in [2.05, 4.69) is 24.1 Å². The van der Waals surface area contributed by atoms with Gasteiger partial charge < -0.3 is 19.7 Å². The van der Waals surface area contributed by atoms with Gasteiger partial charge in [0.05, 0.1) is 18.2 Å². The van der Waals surface area contributed by atoms with Gasteiger partial charge in [-0.05, 0) is 46.0 Å². The van der Waals surface area contributed by atoms with Crippen LogP contribution in [-0.2, 0) is 9.47 Å². The third-order valence-electron chi connectivity index (χ3n) is 5.37. The monoisotopic (exact) mass is 340 g/mol. The molecule has 1 spiro atoms. The normalized spacial score (nSPS) is 24.5. The Kier molecular flexibility index (Phi) is 6.54. The molecule has 2 saturated heterocycles. The van der Waals surface area contributed by atoms with E-state index in [1.165, 1.54) is 19.4 Å². The van der Waals surface area contributed by atoms with E-state index in [0.29, 0.717) is 6.61 Å². The number of likely N-dealkylation sites (tertiary alicyclic amines) is 1. The van der Waals surface area contributed by atoms with Crippen molar-refractivity contribution >= 4 is 6.09 Å². The topological polar surface area (TPSA) is 50.8 Å². The lowest BCUT2D eigenvalue weighted by atomic mass is 9.87. The molecule has 0 radical (unpaired) electrons. The fourth-order valence-corrected chi connectivity index (χ4v) is 3.81. The fraction of sp³-hybridized carbons (Fsp3) is 0.947. The quantitative estimate of drug-likeness (QED) is 0.831. The molecule has 0 saturated carbocycles. The summed E-state index contributed by atoms with van der Waals surface area (Å²) in [6.07, 6.45) is 5.23. The Morgan fingerprint density at radius 1 is 1.29 bits per heavy atom. The van der Waals surface area contributed by atoms with Gasteiger partial charge in [-0.2, -0.15) is 0 Å². The van der Waals surface area contributed by atoms with Crippen molar-refractivity contribution in [1.82, 2.24) is 10.2 Å². The van der Waals surface area contributed by atoms with Crippen LogP contribution in [0.1, 0.15) is 66.7 Å². The average Bonchev–Trinajstić information content (AvgIpc) is 2.87. The molecule has 2 heterocycles. The highest BCUT2D eigenvalue weighted by atomic mass is 16.6. The summed E-state index contributed by atoms with van der Waals surface area (Å²) in [5, 5.41) is 2.97. The molecule has 0 aromatic rings. The number of carbonyl (C=O) groups is 1. The van der Waals surface area contributed by atoms with E-state index in [-0.39, 0.29) is 17.7 Å². The molecule has 2 aliphatic heterocycles. The smallest absolute Gasteiger partial charge is 0.407 e. The lowest BCUT2D eigenvalue weighted by Crippen LogP contribution is -2.46. The van der Waals surface area contributed by atoms with Gasteiger partial charge >= 0.3 is 6.09 Å². The number of piperidine rings is 1. The Hall–Kier alpha value is -0.810. The van der Waals surface area contributed by atoms with Gasteiger partial charge in [-0.15, -0.1) is 0 Å². The number of hydrogen-bond acceptors (Lipinski definition) is 4. The van der Waals surface area contributed by atoms with Crippen molar-refractivity contribution in [3.8, 4) is 0 Å². The number of hydrogen-bond donors (Lipinski definition) is 1. The van der Waals surface area contributed by atoms with E-state index in [4.69, 9.17) is 9.47 Å². The SMILES string of the molecule is CCC(CC)CN1CCC2(CC1)C[C@@H](NC(=O)OC(C)(C)C)CO2. The first-order valence-corrected chi connectivity index (χ1v) is 9.61. The highest BCUT2D eigenvalue weighted by molar-refractivity contribution is 5.68. The van der Waals surface area contributed by atoms with E-state index in [1.54, 1.807) is 0 Å². The minimum absolute atomic E-state index is 0.0376. The van der Waals surface area contributed by atoms with Crippen molar-refractivity contribution < 1.29 is 14.3 Å². The Balaban J connectivity index is 1.76. The zero-order valence-corrected chi connectivity index (χ0v) is 16.2. The highest BCUT2D eigenvalue weighted by Crippen LogP contribution is 2.36. The second kappa shape index (κ2) is 8.05. The molecule has 0 aromatic carbocycles. The second-order valence-electron chi connectivity index (χ2n) is 8.52. The average molecular weight is 341 g/mol. The molecule has 5 heteroatoms. The van der Waals surface area contributed by atoms with Crippen molar-refractivity contribution in [2.75, 3.05) is 26.2 Å². The summed E-state index contributed by atoms with van der Waals surface area (Å²) in [6, 6.07) is 0.0745. The van der Waals surface area contributed by atoms with Crippen molar-refractivity contribution in [3.05, 3.63) is 0 Å². The maximum absolute atomic E-state index is 11.9. The Bertz CT molecular complexity index is 407. The van der Waals surface area contributed by atoms with Crippen LogP contribution in [0, 0.1) is 5.92 Å².